The van der Waals surface area contributed by atoms with Crippen LogP contribution in [0.25, 0.3) is 0 Å². The number of hydrogen-bond acceptors (Lipinski definition) is 9. The zero-order valence-corrected chi connectivity index (χ0v) is 14.2. The Bertz CT molecular complexity index is 1030. The van der Waals surface area contributed by atoms with Gasteiger partial charge in [0.1, 0.15) is 12.1 Å². The Morgan fingerprint density at radius 3 is 2.46 bits per heavy atom. The number of nitrogens with one attached hydrogen (secondary N) is 1. The van der Waals surface area contributed by atoms with E-state index in [1.54, 1.807) is 18.2 Å². The number of hydrogen-bond donors (Lipinski definition) is 1. The summed E-state index contributed by atoms with van der Waals surface area (Å²) in [6.45, 7) is -0.594. The number of nitriles is 2. The Labute approximate surface area is 158 Å². The Morgan fingerprint density at radius 2 is 1.79 bits per heavy atom. The van der Waals surface area contributed by atoms with Gasteiger partial charge in [-0.15, -0.1) is 0 Å². The number of benzene rings is 2. The molecule has 0 radical (unpaired) electrons. The van der Waals surface area contributed by atoms with Crippen LogP contribution in [0.2, 0.25) is 0 Å². The van der Waals surface area contributed by atoms with Gasteiger partial charge in [0.15, 0.2) is 6.61 Å². The highest BCUT2D eigenvalue weighted by Crippen LogP contribution is 2.15. The van der Waals surface area contributed by atoms with Gasteiger partial charge in [-0.2, -0.15) is 15.6 Å². The standard InChI is InChI=1S/C18H11N5O5/c19-9-15(10-20)22-21-14-5-1-4-13(7-14)18(25)28-11-17(24)12-3-2-6-16(8-12)23(26)27/h1-8,21H,11H2. The molecule has 2 aromatic rings. The van der Waals surface area contributed by atoms with Crippen molar-refractivity contribution in [1.29, 1.82) is 10.5 Å². The lowest BCUT2D eigenvalue weighted by Crippen LogP contribution is -2.14. The average Bonchev–Trinajstić information content (AvgIpc) is 2.72. The molecule has 138 valence electrons. The first-order chi connectivity index (χ1) is 13.4. The molecule has 2 aromatic carbocycles. The summed E-state index contributed by atoms with van der Waals surface area (Å²) in [6.07, 6.45) is 0. The summed E-state index contributed by atoms with van der Waals surface area (Å²) in [6, 6.07) is 14.1. The fraction of sp³-hybridized carbons (Fsp3) is 0.0556. The van der Waals surface area contributed by atoms with Crippen LogP contribution >= 0.6 is 0 Å². The van der Waals surface area contributed by atoms with Crippen LogP contribution in [-0.4, -0.2) is 29.0 Å². The number of anilines is 1. The molecule has 0 bridgehead atoms. The largest absolute Gasteiger partial charge is 0.454 e. The predicted molar refractivity (Wildman–Crippen MR) is 96.4 cm³/mol. The van der Waals surface area contributed by atoms with Gasteiger partial charge in [-0.1, -0.05) is 18.2 Å². The van der Waals surface area contributed by atoms with Crippen molar-refractivity contribution in [3.05, 3.63) is 69.8 Å². The fourth-order valence-electron chi connectivity index (χ4n) is 2.00. The van der Waals surface area contributed by atoms with Crippen LogP contribution in [0.15, 0.2) is 53.6 Å². The zero-order chi connectivity index (χ0) is 20.5. The molecule has 0 atom stereocenters. The van der Waals surface area contributed by atoms with Crippen LogP contribution in [0.4, 0.5) is 11.4 Å². The zero-order valence-electron chi connectivity index (χ0n) is 14.2. The molecule has 0 fully saturated rings. The van der Waals surface area contributed by atoms with Crippen molar-refractivity contribution in [2.75, 3.05) is 12.0 Å². The number of non-ortho nitro benzene ring substituents is 1. The van der Waals surface area contributed by atoms with Gasteiger partial charge in [-0.3, -0.25) is 20.3 Å². The third kappa shape index (κ3) is 5.21. The number of carbonyl (C=O) groups excluding carboxylic acids is 2. The molecule has 0 aliphatic rings. The molecule has 1 N–H and O–H groups in total. The van der Waals surface area contributed by atoms with Gasteiger partial charge >= 0.3 is 5.97 Å². The molecule has 0 aliphatic heterocycles. The maximum atomic E-state index is 12.1. The van der Waals surface area contributed by atoms with Gasteiger partial charge in [0.25, 0.3) is 5.69 Å². The molecular weight excluding hydrogens is 366 g/mol. The molecule has 0 heterocycles. The fourth-order valence-corrected chi connectivity index (χ4v) is 2.00. The van der Waals surface area contributed by atoms with Gasteiger partial charge in [0, 0.05) is 17.7 Å². The molecule has 28 heavy (non-hydrogen) atoms. The first-order valence-electron chi connectivity index (χ1n) is 7.63. The number of esters is 1. The molecule has 0 saturated heterocycles. The molecule has 2 rings (SSSR count). The first-order valence-corrected chi connectivity index (χ1v) is 7.63. The summed E-state index contributed by atoms with van der Waals surface area (Å²) in [7, 11) is 0. The quantitative estimate of drug-likeness (QED) is 0.253. The van der Waals surface area contributed by atoms with E-state index in [0.29, 0.717) is 5.69 Å². The average molecular weight is 377 g/mol. The third-order valence-electron chi connectivity index (χ3n) is 3.32. The minimum Gasteiger partial charge on any atom is -0.454 e. The van der Waals surface area contributed by atoms with Gasteiger partial charge < -0.3 is 4.74 Å². The first kappa shape index (κ1) is 19.8. The van der Waals surface area contributed by atoms with Crippen molar-refractivity contribution in [3.8, 4) is 12.1 Å². The van der Waals surface area contributed by atoms with E-state index in [9.17, 15) is 19.7 Å². The minimum atomic E-state index is -0.799. The van der Waals surface area contributed by atoms with Crippen LogP contribution in [0.3, 0.4) is 0 Å². The third-order valence-corrected chi connectivity index (χ3v) is 3.32. The highest BCUT2D eigenvalue weighted by atomic mass is 16.6. The van der Waals surface area contributed by atoms with Crippen LogP contribution < -0.4 is 5.43 Å². The van der Waals surface area contributed by atoms with Gasteiger partial charge in [0.05, 0.1) is 16.2 Å². The Morgan fingerprint density at radius 1 is 1.11 bits per heavy atom. The van der Waals surface area contributed by atoms with Crippen LogP contribution in [0, 0.1) is 32.8 Å². The van der Waals surface area contributed by atoms with Crippen molar-refractivity contribution in [1.82, 2.24) is 0 Å². The smallest absolute Gasteiger partial charge is 0.338 e. The lowest BCUT2D eigenvalue weighted by atomic mass is 10.1. The van der Waals surface area contributed by atoms with E-state index >= 15 is 0 Å². The molecule has 10 nitrogen and oxygen atoms in total. The van der Waals surface area contributed by atoms with E-state index in [1.165, 1.54) is 36.4 Å². The summed E-state index contributed by atoms with van der Waals surface area (Å²) in [5.74, 6) is -1.39. The molecule has 0 amide bonds. The van der Waals surface area contributed by atoms with E-state index < -0.39 is 29.0 Å². The lowest BCUT2D eigenvalue weighted by molar-refractivity contribution is -0.384. The number of hydrazone groups is 1. The second kappa shape index (κ2) is 9.22. The number of rotatable bonds is 7. The van der Waals surface area contributed by atoms with Crippen molar-refractivity contribution in [3.63, 3.8) is 0 Å². The lowest BCUT2D eigenvalue weighted by Gasteiger charge is -2.06. The van der Waals surface area contributed by atoms with E-state index in [0.717, 1.165) is 6.07 Å². The molecule has 0 saturated carbocycles. The summed E-state index contributed by atoms with van der Waals surface area (Å²) >= 11 is 0. The number of ether oxygens (including phenoxy) is 1. The number of nitro benzene ring substituents is 1. The number of carbonyl (C=O) groups is 2. The molecule has 10 heteroatoms. The number of Topliss-reactive ketones (excluding diaryl/α,β-unsaturated/α-hetero) is 1. The maximum Gasteiger partial charge on any atom is 0.338 e. The number of nitro groups is 1. The second-order valence-corrected chi connectivity index (χ2v) is 5.18. The summed E-state index contributed by atoms with van der Waals surface area (Å²) in [4.78, 5) is 34.3. The monoisotopic (exact) mass is 377 g/mol. The van der Waals surface area contributed by atoms with Crippen LogP contribution in [-0.2, 0) is 4.74 Å². The highest BCUT2D eigenvalue weighted by molar-refractivity contribution is 6.10. The van der Waals surface area contributed by atoms with Gasteiger partial charge in [-0.25, -0.2) is 4.79 Å². The SMILES string of the molecule is N#CC(C#N)=NNc1cccc(C(=O)OCC(=O)c2cccc([N+](=O)[O-])c2)c1. The molecular formula is C18H11N5O5. The minimum absolute atomic E-state index is 0.0484. The topological polar surface area (TPSA) is 158 Å². The molecule has 0 aliphatic carbocycles. The van der Waals surface area contributed by atoms with E-state index in [2.05, 4.69) is 10.5 Å². The number of nitrogens with zero attached hydrogens (tertiary/aromatic N) is 4. The van der Waals surface area contributed by atoms with E-state index in [4.69, 9.17) is 15.3 Å². The van der Waals surface area contributed by atoms with Crippen molar-refractivity contribution in [2.45, 2.75) is 0 Å². The van der Waals surface area contributed by atoms with Gasteiger partial charge in [-0.05, 0) is 18.2 Å². The number of ketones is 1. The Kier molecular flexibility index (Phi) is 6.50. The Hall–Kier alpha value is -4.57. The Balaban J connectivity index is 2.03. The van der Waals surface area contributed by atoms with Crippen LogP contribution in [0.5, 0.6) is 0 Å². The van der Waals surface area contributed by atoms with Crippen molar-refractivity contribution >= 4 is 28.8 Å². The summed E-state index contributed by atoms with van der Waals surface area (Å²) in [5, 5.41) is 31.5. The van der Waals surface area contributed by atoms with Crippen molar-refractivity contribution < 1.29 is 19.2 Å². The van der Waals surface area contributed by atoms with Gasteiger partial charge in [0.2, 0.25) is 11.5 Å². The second-order valence-electron chi connectivity index (χ2n) is 5.18. The van der Waals surface area contributed by atoms with E-state index in [-0.39, 0.29) is 16.8 Å². The maximum absolute atomic E-state index is 12.1. The van der Waals surface area contributed by atoms with Crippen LogP contribution in [0.1, 0.15) is 20.7 Å². The van der Waals surface area contributed by atoms with E-state index in [1.807, 2.05) is 0 Å². The summed E-state index contributed by atoms with van der Waals surface area (Å²) < 4.78 is 4.94. The molecule has 0 spiro atoms. The predicted octanol–water partition coefficient (Wildman–Crippen LogP) is 2.45. The highest BCUT2D eigenvalue weighted by Gasteiger charge is 2.15. The molecule has 0 unspecified atom stereocenters. The molecule has 0 aromatic heterocycles. The summed E-state index contributed by atoms with van der Waals surface area (Å²) in [5.41, 5.74) is 2.29. The normalized spacial score (nSPS) is 9.36. The van der Waals surface area contributed by atoms with Crippen molar-refractivity contribution in [2.24, 2.45) is 5.10 Å².